The van der Waals surface area contributed by atoms with Gasteiger partial charge < -0.3 is 14.6 Å². The summed E-state index contributed by atoms with van der Waals surface area (Å²) in [6.07, 6.45) is 1.42. The summed E-state index contributed by atoms with van der Waals surface area (Å²) >= 11 is 0. The molecule has 1 saturated carbocycles. The fourth-order valence-electron chi connectivity index (χ4n) is 1.61. The molecule has 1 unspecified atom stereocenters. The van der Waals surface area contributed by atoms with Crippen LogP contribution in [0.4, 0.5) is 0 Å². The second-order valence-electron chi connectivity index (χ2n) is 4.27. The lowest BCUT2D eigenvalue weighted by molar-refractivity contribution is -0.151. The van der Waals surface area contributed by atoms with Crippen molar-refractivity contribution in [2.45, 2.75) is 18.9 Å². The van der Waals surface area contributed by atoms with Crippen LogP contribution < -0.4 is 4.74 Å². The van der Waals surface area contributed by atoms with Gasteiger partial charge in [-0.3, -0.25) is 0 Å². The molecule has 0 amide bonds. The third kappa shape index (κ3) is 3.20. The van der Waals surface area contributed by atoms with E-state index in [4.69, 9.17) is 14.6 Å². The van der Waals surface area contributed by atoms with Crippen molar-refractivity contribution < 1.29 is 19.4 Å². The maximum atomic E-state index is 11.1. The molecular weight excluding hydrogens is 220 g/mol. The third-order valence-corrected chi connectivity index (χ3v) is 2.84. The van der Waals surface area contributed by atoms with Gasteiger partial charge in [0, 0.05) is 0 Å². The topological polar surface area (TPSA) is 55.8 Å². The van der Waals surface area contributed by atoms with Gasteiger partial charge >= 0.3 is 5.97 Å². The first kappa shape index (κ1) is 11.9. The molecule has 17 heavy (non-hydrogen) atoms. The normalized spacial score (nSPS) is 16.5. The first-order valence-electron chi connectivity index (χ1n) is 5.69. The molecule has 0 heterocycles. The molecule has 0 bridgehead atoms. The van der Waals surface area contributed by atoms with E-state index in [1.807, 2.05) is 0 Å². The summed E-state index contributed by atoms with van der Waals surface area (Å²) in [6.45, 7) is 0.531. The van der Waals surface area contributed by atoms with Gasteiger partial charge in [0.25, 0.3) is 0 Å². The fourth-order valence-corrected chi connectivity index (χ4v) is 1.61. The largest absolute Gasteiger partial charge is 0.497 e. The minimum atomic E-state index is -0.948. The monoisotopic (exact) mass is 236 g/mol. The molecule has 0 spiro atoms. The number of methoxy groups -OCH3 is 1. The first-order chi connectivity index (χ1) is 8.20. The Kier molecular flexibility index (Phi) is 3.64. The van der Waals surface area contributed by atoms with E-state index in [1.165, 1.54) is 0 Å². The summed E-state index contributed by atoms with van der Waals surface area (Å²) in [5.41, 5.74) is 0.652. The predicted octanol–water partition coefficient (Wildman–Crippen LogP) is 2.25. The predicted molar refractivity (Wildman–Crippen MR) is 62.0 cm³/mol. The lowest BCUT2D eigenvalue weighted by Crippen LogP contribution is -2.16. The quantitative estimate of drug-likeness (QED) is 0.823. The minimum Gasteiger partial charge on any atom is -0.497 e. The van der Waals surface area contributed by atoms with E-state index in [9.17, 15) is 4.79 Å². The standard InChI is InChI=1S/C13H16O4/c1-16-11-6-4-10(5-7-11)12(13(14)15)17-8-9-2-3-9/h4-7,9,12H,2-3,8H2,1H3,(H,14,15). The van der Waals surface area contributed by atoms with E-state index in [2.05, 4.69) is 0 Å². The molecule has 4 heteroatoms. The van der Waals surface area contributed by atoms with Crippen LogP contribution in [0.5, 0.6) is 5.75 Å². The van der Waals surface area contributed by atoms with Gasteiger partial charge in [0.05, 0.1) is 13.7 Å². The number of hydrogen-bond donors (Lipinski definition) is 1. The number of rotatable bonds is 6. The van der Waals surface area contributed by atoms with E-state index in [0.29, 0.717) is 23.8 Å². The minimum absolute atomic E-state index is 0.531. The Morgan fingerprint density at radius 3 is 2.53 bits per heavy atom. The molecule has 2 rings (SSSR count). The van der Waals surface area contributed by atoms with Crippen LogP contribution in [-0.2, 0) is 9.53 Å². The van der Waals surface area contributed by atoms with Crippen LogP contribution in [0, 0.1) is 5.92 Å². The molecule has 0 radical (unpaired) electrons. The Labute approximate surface area is 100 Å². The smallest absolute Gasteiger partial charge is 0.337 e. The van der Waals surface area contributed by atoms with Crippen LogP contribution in [0.3, 0.4) is 0 Å². The zero-order valence-corrected chi connectivity index (χ0v) is 9.76. The van der Waals surface area contributed by atoms with Crippen LogP contribution in [0.15, 0.2) is 24.3 Å². The number of carboxylic acids is 1. The summed E-state index contributed by atoms with van der Waals surface area (Å²) in [5.74, 6) is 0.311. The number of hydrogen-bond acceptors (Lipinski definition) is 3. The maximum absolute atomic E-state index is 11.1. The van der Waals surface area contributed by atoms with Crippen molar-refractivity contribution in [2.24, 2.45) is 5.92 Å². The van der Waals surface area contributed by atoms with E-state index < -0.39 is 12.1 Å². The highest BCUT2D eigenvalue weighted by Crippen LogP contribution is 2.31. The van der Waals surface area contributed by atoms with Crippen LogP contribution in [-0.4, -0.2) is 24.8 Å². The Bertz CT molecular complexity index is 381. The summed E-state index contributed by atoms with van der Waals surface area (Å²) < 4.78 is 10.5. The molecular formula is C13H16O4. The van der Waals surface area contributed by atoms with Crippen molar-refractivity contribution in [3.8, 4) is 5.75 Å². The van der Waals surface area contributed by atoms with Gasteiger partial charge in [-0.1, -0.05) is 12.1 Å². The molecule has 0 saturated heterocycles. The highest BCUT2D eigenvalue weighted by Gasteiger charge is 2.26. The zero-order valence-electron chi connectivity index (χ0n) is 9.76. The van der Waals surface area contributed by atoms with Gasteiger partial charge in [0.2, 0.25) is 0 Å². The van der Waals surface area contributed by atoms with Crippen molar-refractivity contribution in [1.82, 2.24) is 0 Å². The molecule has 1 aliphatic rings. The summed E-state index contributed by atoms with van der Waals surface area (Å²) in [7, 11) is 1.58. The Hall–Kier alpha value is -1.55. The average Bonchev–Trinajstić information content (AvgIpc) is 3.14. The number of aliphatic carboxylic acids is 1. The number of carboxylic acid groups (broad SMARTS) is 1. The van der Waals surface area contributed by atoms with Crippen LogP contribution in [0.25, 0.3) is 0 Å². The van der Waals surface area contributed by atoms with Gasteiger partial charge in [-0.15, -0.1) is 0 Å². The van der Waals surface area contributed by atoms with Crippen molar-refractivity contribution in [3.05, 3.63) is 29.8 Å². The third-order valence-electron chi connectivity index (χ3n) is 2.84. The molecule has 1 N–H and O–H groups in total. The summed E-state index contributed by atoms with van der Waals surface area (Å²) in [6, 6.07) is 6.94. The first-order valence-corrected chi connectivity index (χ1v) is 5.69. The lowest BCUT2D eigenvalue weighted by atomic mass is 10.1. The summed E-state index contributed by atoms with van der Waals surface area (Å²) in [4.78, 5) is 11.1. The van der Waals surface area contributed by atoms with Crippen molar-refractivity contribution in [3.63, 3.8) is 0 Å². The second kappa shape index (κ2) is 5.19. The van der Waals surface area contributed by atoms with E-state index in [-0.39, 0.29) is 0 Å². The van der Waals surface area contributed by atoms with E-state index in [1.54, 1.807) is 31.4 Å². The maximum Gasteiger partial charge on any atom is 0.337 e. The molecule has 1 aliphatic carbocycles. The number of ether oxygens (including phenoxy) is 2. The van der Waals surface area contributed by atoms with Crippen LogP contribution in [0.2, 0.25) is 0 Å². The highest BCUT2D eigenvalue weighted by molar-refractivity contribution is 5.74. The summed E-state index contributed by atoms with van der Waals surface area (Å²) in [5, 5.41) is 9.13. The Morgan fingerprint density at radius 2 is 2.06 bits per heavy atom. The molecule has 1 aromatic rings. The van der Waals surface area contributed by atoms with Gasteiger partial charge in [-0.05, 0) is 36.5 Å². The molecule has 0 aromatic heterocycles. The SMILES string of the molecule is COc1ccc(C(OCC2CC2)C(=O)O)cc1. The molecule has 92 valence electrons. The highest BCUT2D eigenvalue weighted by atomic mass is 16.5. The van der Waals surface area contributed by atoms with Crippen LogP contribution in [0.1, 0.15) is 24.5 Å². The molecule has 4 nitrogen and oxygen atoms in total. The Morgan fingerprint density at radius 1 is 1.41 bits per heavy atom. The van der Waals surface area contributed by atoms with E-state index >= 15 is 0 Å². The van der Waals surface area contributed by atoms with E-state index in [0.717, 1.165) is 12.8 Å². The zero-order chi connectivity index (χ0) is 12.3. The second-order valence-corrected chi connectivity index (χ2v) is 4.27. The Balaban J connectivity index is 2.04. The van der Waals surface area contributed by atoms with Gasteiger partial charge in [0.1, 0.15) is 5.75 Å². The molecule has 1 atom stereocenters. The van der Waals surface area contributed by atoms with Crippen LogP contribution >= 0.6 is 0 Å². The van der Waals surface area contributed by atoms with Gasteiger partial charge in [-0.2, -0.15) is 0 Å². The number of benzene rings is 1. The molecule has 1 aromatic carbocycles. The fraction of sp³-hybridized carbons (Fsp3) is 0.462. The van der Waals surface area contributed by atoms with Crippen molar-refractivity contribution in [2.75, 3.05) is 13.7 Å². The van der Waals surface area contributed by atoms with Gasteiger partial charge in [0.15, 0.2) is 6.10 Å². The molecule has 0 aliphatic heterocycles. The average molecular weight is 236 g/mol. The number of carbonyl (C=O) groups is 1. The van der Waals surface area contributed by atoms with Crippen molar-refractivity contribution >= 4 is 5.97 Å². The van der Waals surface area contributed by atoms with Crippen molar-refractivity contribution in [1.29, 1.82) is 0 Å². The molecule has 1 fully saturated rings. The van der Waals surface area contributed by atoms with Gasteiger partial charge in [-0.25, -0.2) is 4.79 Å². The lowest BCUT2D eigenvalue weighted by Gasteiger charge is -2.14.